The second-order valence-electron chi connectivity index (χ2n) is 19.5. The van der Waals surface area contributed by atoms with Crippen LogP contribution in [0.15, 0.2) is 109 Å². The molecule has 6 heteroatoms. The van der Waals surface area contributed by atoms with Crippen molar-refractivity contribution in [2.75, 3.05) is 0 Å². The summed E-state index contributed by atoms with van der Waals surface area (Å²) in [6.07, 6.45) is 5.71. The predicted octanol–water partition coefficient (Wildman–Crippen LogP) is 12.8. The van der Waals surface area contributed by atoms with Gasteiger partial charge in [-0.15, -0.1) is 29.7 Å². The summed E-state index contributed by atoms with van der Waals surface area (Å²) in [5.74, 6) is 2.06. The molecule has 8 aromatic rings. The minimum Gasteiger partial charge on any atom is -0.510 e. The molecule has 0 amide bonds. The summed E-state index contributed by atoms with van der Waals surface area (Å²) in [6, 6.07) is 43.5. The maximum Gasteiger partial charge on any atom is 0.268 e. The van der Waals surface area contributed by atoms with Crippen LogP contribution >= 0.6 is 0 Å². The summed E-state index contributed by atoms with van der Waals surface area (Å²) in [6.45, 7) is 27.5. The van der Waals surface area contributed by atoms with Crippen LogP contribution in [0.3, 0.4) is 0 Å². The van der Waals surface area contributed by atoms with Gasteiger partial charge >= 0.3 is 0 Å². The second kappa shape index (κ2) is 14.7. The average molecular weight is 946 g/mol. The molecule has 0 atom stereocenters. The van der Waals surface area contributed by atoms with Crippen molar-refractivity contribution in [3.05, 3.63) is 150 Å². The summed E-state index contributed by atoms with van der Waals surface area (Å²) in [5, 5.41) is 2.24. The number of nitrogens with zero attached hydrogens (tertiary/aromatic N) is 4. The number of hydrogen-bond donors (Lipinski definition) is 0. The van der Waals surface area contributed by atoms with Gasteiger partial charge in [0.15, 0.2) is 0 Å². The first-order valence-corrected chi connectivity index (χ1v) is 20.1. The van der Waals surface area contributed by atoms with Crippen LogP contribution in [0, 0.1) is 18.5 Å². The Hall–Kier alpha value is -4.99. The average Bonchev–Trinajstić information content (AvgIpc) is 3.69. The van der Waals surface area contributed by atoms with E-state index < -0.39 is 0 Å². The molecule has 0 unspecified atom stereocenters. The van der Waals surface area contributed by atoms with E-state index in [9.17, 15) is 0 Å². The van der Waals surface area contributed by atoms with Gasteiger partial charge in [-0.3, -0.25) is 4.57 Å². The summed E-state index contributed by atoms with van der Waals surface area (Å²) in [7, 11) is 0. The summed E-state index contributed by atoms with van der Waals surface area (Å²) < 4.78 is 13.2. The van der Waals surface area contributed by atoms with Gasteiger partial charge in [0.25, 0.3) is 6.33 Å². The van der Waals surface area contributed by atoms with E-state index in [1.54, 1.807) is 0 Å². The topological polar surface area (TPSA) is 35.9 Å². The minimum atomic E-state index is -0.116. The van der Waals surface area contributed by atoms with Gasteiger partial charge in [-0.25, -0.2) is 4.98 Å². The largest absolute Gasteiger partial charge is 0.510 e. The van der Waals surface area contributed by atoms with Crippen LogP contribution in [-0.2, 0) is 42.7 Å². The Balaban J connectivity index is 0.00000512. The van der Waals surface area contributed by atoms with Crippen molar-refractivity contribution in [3.63, 3.8) is 0 Å². The van der Waals surface area contributed by atoms with Gasteiger partial charge in [0.1, 0.15) is 5.82 Å². The molecule has 5 nitrogen and oxygen atoms in total. The van der Waals surface area contributed by atoms with Crippen molar-refractivity contribution in [1.82, 2.24) is 14.1 Å². The number of para-hydroxylation sites is 3. The van der Waals surface area contributed by atoms with E-state index in [1.165, 1.54) is 27.9 Å². The van der Waals surface area contributed by atoms with Gasteiger partial charge in [-0.1, -0.05) is 143 Å². The molecule has 0 saturated carbocycles. The van der Waals surface area contributed by atoms with Crippen LogP contribution in [0.25, 0.3) is 50.0 Å². The van der Waals surface area contributed by atoms with Crippen LogP contribution in [0.5, 0.6) is 11.5 Å². The number of ether oxygens (including phenoxy) is 1. The minimum absolute atomic E-state index is 0. The third kappa shape index (κ3) is 7.55. The quantitative estimate of drug-likeness (QED) is 0.127. The number of aromatic nitrogens is 4. The molecule has 8 rings (SSSR count). The fourth-order valence-corrected chi connectivity index (χ4v) is 7.78. The normalized spacial score (nSPS) is 12.7. The van der Waals surface area contributed by atoms with Crippen LogP contribution < -0.4 is 9.30 Å². The van der Waals surface area contributed by atoms with E-state index in [-0.39, 0.29) is 42.7 Å². The molecule has 0 spiro atoms. The molecule has 0 aliphatic rings. The van der Waals surface area contributed by atoms with Crippen molar-refractivity contribution in [3.8, 4) is 28.7 Å². The smallest absolute Gasteiger partial charge is 0.268 e. The molecule has 0 aliphatic carbocycles. The Morgan fingerprint density at radius 1 is 0.569 bits per heavy atom. The Kier molecular flexibility index (Phi) is 10.4. The number of rotatable bonds is 5. The first-order valence-electron chi connectivity index (χ1n) is 20.1. The van der Waals surface area contributed by atoms with Gasteiger partial charge in [-0.05, 0) is 73.2 Å². The van der Waals surface area contributed by atoms with E-state index in [0.29, 0.717) is 11.5 Å². The number of pyridine rings is 1. The molecule has 0 saturated heterocycles. The Bertz CT molecular complexity index is 2780. The van der Waals surface area contributed by atoms with E-state index in [4.69, 9.17) is 9.72 Å². The standard InChI is InChI=1S/C52H54N4O.Pt/c1-49(2,3)34-26-27-53-47(30-34)56-43-21-14-13-20-39(43)40-25-24-38(32-46(40)56)57-37-19-17-18-36(31-37)54-33-55(45-23-16-15-22-44(45)54)48-41(51(7,8)9)28-35(50(4,5)6)29-42(48)52(10,11)12;/h13-30H,1-12H3;/q-2;. The van der Waals surface area contributed by atoms with Crippen molar-refractivity contribution >= 4 is 32.8 Å². The molecule has 0 N–H and O–H groups in total. The zero-order valence-electron chi connectivity index (χ0n) is 35.9. The van der Waals surface area contributed by atoms with Gasteiger partial charge in [0, 0.05) is 44.3 Å². The molecule has 0 radical (unpaired) electrons. The molecule has 58 heavy (non-hydrogen) atoms. The van der Waals surface area contributed by atoms with Crippen LogP contribution in [0.4, 0.5) is 0 Å². The van der Waals surface area contributed by atoms with E-state index in [0.717, 1.165) is 44.3 Å². The van der Waals surface area contributed by atoms with Crippen molar-refractivity contribution in [1.29, 1.82) is 0 Å². The third-order valence-electron chi connectivity index (χ3n) is 11.0. The van der Waals surface area contributed by atoms with Crippen LogP contribution in [0.2, 0.25) is 0 Å². The second-order valence-corrected chi connectivity index (χ2v) is 19.5. The Labute approximate surface area is 359 Å². The van der Waals surface area contributed by atoms with Crippen molar-refractivity contribution in [2.45, 2.75) is 105 Å². The van der Waals surface area contributed by atoms with Gasteiger partial charge in [-0.2, -0.15) is 18.2 Å². The molecule has 300 valence electrons. The Morgan fingerprint density at radius 2 is 1.19 bits per heavy atom. The molecular weight excluding hydrogens is 892 g/mol. The molecule has 5 aromatic carbocycles. The summed E-state index contributed by atoms with van der Waals surface area (Å²) in [5.41, 5.74) is 11.0. The van der Waals surface area contributed by atoms with Crippen molar-refractivity contribution < 1.29 is 30.4 Å². The van der Waals surface area contributed by atoms with Crippen molar-refractivity contribution in [2.24, 2.45) is 0 Å². The molecule has 3 heterocycles. The van der Waals surface area contributed by atoms with Crippen LogP contribution in [-0.4, -0.2) is 14.1 Å². The van der Waals surface area contributed by atoms with Gasteiger partial charge in [0.2, 0.25) is 0 Å². The van der Waals surface area contributed by atoms with E-state index in [1.807, 2.05) is 24.4 Å². The molecule has 3 aromatic heterocycles. The fraction of sp³-hybridized carbons (Fsp3) is 0.308. The zero-order valence-corrected chi connectivity index (χ0v) is 38.2. The number of imidazole rings is 1. The van der Waals surface area contributed by atoms with Gasteiger partial charge in [0.05, 0.1) is 16.7 Å². The third-order valence-corrected chi connectivity index (χ3v) is 11.0. The Morgan fingerprint density at radius 3 is 1.84 bits per heavy atom. The predicted molar refractivity (Wildman–Crippen MR) is 235 cm³/mol. The van der Waals surface area contributed by atoms with E-state index in [2.05, 4.69) is 200 Å². The zero-order chi connectivity index (χ0) is 40.7. The van der Waals surface area contributed by atoms with Gasteiger partial charge < -0.3 is 13.9 Å². The SMILES string of the molecule is CC(C)(C)c1ccnc(-n2c3[c-]c(Oc4[c-]c(-n5[c-][n+](-c6c(C(C)(C)C)cc(C(C)(C)C)cc6C(C)(C)C)c6ccccc65)ccc4)ccc3c3ccccc32)c1.[Pt]. The summed E-state index contributed by atoms with van der Waals surface area (Å²) >= 11 is 0. The first-order chi connectivity index (χ1) is 26.8. The molecule has 0 fully saturated rings. The number of benzene rings is 5. The maximum absolute atomic E-state index is 6.61. The number of hydrogen-bond acceptors (Lipinski definition) is 2. The molecule has 0 aliphatic heterocycles. The van der Waals surface area contributed by atoms with E-state index >= 15 is 0 Å². The first kappa shape index (κ1) is 41.2. The maximum atomic E-state index is 6.61. The monoisotopic (exact) mass is 945 g/mol. The molecular formula is C52H54N4OPt-2. The fourth-order valence-electron chi connectivity index (χ4n) is 7.78. The number of fused-ring (bicyclic) bond motifs is 4. The summed E-state index contributed by atoms with van der Waals surface area (Å²) in [4.78, 5) is 4.84. The van der Waals surface area contributed by atoms with Crippen LogP contribution in [0.1, 0.15) is 105 Å². The molecule has 0 bridgehead atoms.